The number of rotatable bonds is 26. The van der Waals surface area contributed by atoms with Crippen LogP contribution in [0.2, 0.25) is 0 Å². The maximum absolute atomic E-state index is 12.2. The number of nitrogens with zero attached hydrogens (tertiary/aromatic N) is 1. The highest BCUT2D eigenvalue weighted by atomic mass is 16.4. The van der Waals surface area contributed by atoms with E-state index in [1.54, 1.807) is 0 Å². The van der Waals surface area contributed by atoms with E-state index in [-0.39, 0.29) is 6.04 Å². The molecule has 1 N–H and O–H groups in total. The summed E-state index contributed by atoms with van der Waals surface area (Å²) in [4.78, 5) is 12.2. The molecule has 0 aliphatic heterocycles. The van der Waals surface area contributed by atoms with Gasteiger partial charge < -0.3 is 9.59 Å². The van der Waals surface area contributed by atoms with Crippen molar-refractivity contribution in [3.63, 3.8) is 0 Å². The quantitative estimate of drug-likeness (QED) is 0.0983. The number of carboxylic acid groups (broad SMARTS) is 1. The first-order chi connectivity index (χ1) is 16.3. The van der Waals surface area contributed by atoms with Crippen molar-refractivity contribution >= 4 is 5.97 Å². The summed E-state index contributed by atoms with van der Waals surface area (Å²) in [6, 6.07) is -0.276. The highest BCUT2D eigenvalue weighted by Crippen LogP contribution is 2.27. The minimum atomic E-state index is -0.604. The SMILES string of the molecule is CCCCCCCCCCCCCC(CCCCCCCCCCCC)C(C(=O)O)[N+](C)(C)C. The van der Waals surface area contributed by atoms with Gasteiger partial charge in [0.25, 0.3) is 0 Å². The molecule has 0 aromatic carbocycles. The minimum absolute atomic E-state index is 0.276. The molecule has 0 amide bonds. The van der Waals surface area contributed by atoms with Gasteiger partial charge in [-0.3, -0.25) is 0 Å². The van der Waals surface area contributed by atoms with Gasteiger partial charge in [-0.05, 0) is 12.8 Å². The molecule has 2 unspecified atom stereocenters. The molecule has 34 heavy (non-hydrogen) atoms. The lowest BCUT2D eigenvalue weighted by molar-refractivity contribution is -0.891. The zero-order chi connectivity index (χ0) is 25.5. The third-order valence-electron chi connectivity index (χ3n) is 7.64. The third kappa shape index (κ3) is 19.7. The Balaban J connectivity index is 4.17. The van der Waals surface area contributed by atoms with Gasteiger partial charge in [-0.15, -0.1) is 0 Å². The van der Waals surface area contributed by atoms with Crippen LogP contribution < -0.4 is 0 Å². The van der Waals surface area contributed by atoms with Gasteiger partial charge in [0.2, 0.25) is 0 Å². The Morgan fingerprint density at radius 2 is 0.794 bits per heavy atom. The molecular formula is C31H64NO2+. The monoisotopic (exact) mass is 482 g/mol. The summed E-state index contributed by atoms with van der Waals surface area (Å²) in [7, 11) is 6.18. The van der Waals surface area contributed by atoms with Crippen LogP contribution in [0, 0.1) is 5.92 Å². The van der Waals surface area contributed by atoms with Crippen molar-refractivity contribution < 1.29 is 14.4 Å². The van der Waals surface area contributed by atoms with Crippen LogP contribution in [-0.2, 0) is 4.79 Å². The maximum Gasteiger partial charge on any atom is 0.362 e. The number of carboxylic acids is 1. The van der Waals surface area contributed by atoms with Crippen molar-refractivity contribution in [2.45, 2.75) is 168 Å². The van der Waals surface area contributed by atoms with Crippen LogP contribution in [0.4, 0.5) is 0 Å². The van der Waals surface area contributed by atoms with E-state index in [1.807, 2.05) is 0 Å². The van der Waals surface area contributed by atoms with Gasteiger partial charge in [0, 0.05) is 5.92 Å². The van der Waals surface area contributed by atoms with Crippen molar-refractivity contribution in [3.8, 4) is 0 Å². The van der Waals surface area contributed by atoms with E-state index in [1.165, 1.54) is 135 Å². The zero-order valence-corrected chi connectivity index (χ0v) is 24.2. The number of quaternary nitrogens is 1. The summed E-state index contributed by atoms with van der Waals surface area (Å²) in [6.45, 7) is 4.55. The topological polar surface area (TPSA) is 37.3 Å². The highest BCUT2D eigenvalue weighted by Gasteiger charge is 2.38. The Kier molecular flexibility index (Phi) is 22.5. The molecule has 0 radical (unpaired) electrons. The first-order valence-corrected chi connectivity index (χ1v) is 15.4. The Bertz CT molecular complexity index is 443. The fourth-order valence-electron chi connectivity index (χ4n) is 5.59. The van der Waals surface area contributed by atoms with Crippen molar-refractivity contribution in [3.05, 3.63) is 0 Å². The van der Waals surface area contributed by atoms with Gasteiger partial charge >= 0.3 is 5.97 Å². The smallest absolute Gasteiger partial charge is 0.362 e. The molecule has 0 spiro atoms. The van der Waals surface area contributed by atoms with E-state index < -0.39 is 5.97 Å². The van der Waals surface area contributed by atoms with E-state index in [2.05, 4.69) is 35.0 Å². The normalized spacial score (nSPS) is 13.8. The molecule has 0 aliphatic rings. The number of carbonyl (C=O) groups is 1. The molecule has 3 heteroatoms. The number of hydrogen-bond acceptors (Lipinski definition) is 1. The molecule has 2 atom stereocenters. The van der Waals surface area contributed by atoms with E-state index in [4.69, 9.17) is 0 Å². The Morgan fingerprint density at radius 3 is 1.03 bits per heavy atom. The van der Waals surface area contributed by atoms with Gasteiger partial charge in [-0.2, -0.15) is 0 Å². The van der Waals surface area contributed by atoms with Crippen LogP contribution in [0.25, 0.3) is 0 Å². The average molecular weight is 483 g/mol. The van der Waals surface area contributed by atoms with E-state index in [0.717, 1.165) is 12.8 Å². The second-order valence-corrected chi connectivity index (χ2v) is 12.0. The van der Waals surface area contributed by atoms with Crippen molar-refractivity contribution in [1.82, 2.24) is 0 Å². The highest BCUT2D eigenvalue weighted by molar-refractivity contribution is 5.72. The summed E-state index contributed by atoms with van der Waals surface area (Å²) in [5, 5.41) is 10.0. The van der Waals surface area contributed by atoms with Crippen LogP contribution in [0.3, 0.4) is 0 Å². The summed E-state index contributed by atoms with van der Waals surface area (Å²) in [5.41, 5.74) is 0. The number of likely N-dealkylation sites (N-methyl/N-ethyl adjacent to an activating group) is 1. The Morgan fingerprint density at radius 1 is 0.529 bits per heavy atom. The molecule has 0 saturated carbocycles. The standard InChI is InChI=1S/C31H63NO2/c1-6-8-10-12-14-16-18-20-22-24-26-28-29(30(31(33)34)32(3,4)5)27-25-23-21-19-17-15-13-11-9-7-2/h29-30H,6-28H2,1-5H3/p+1. The summed E-state index contributed by atoms with van der Waals surface area (Å²) < 4.78 is 0.537. The second-order valence-electron chi connectivity index (χ2n) is 12.0. The van der Waals surface area contributed by atoms with E-state index in [0.29, 0.717) is 10.4 Å². The molecule has 0 aliphatic carbocycles. The summed E-state index contributed by atoms with van der Waals surface area (Å²) in [6.07, 6.45) is 30.5. The maximum atomic E-state index is 12.2. The molecule has 3 nitrogen and oxygen atoms in total. The molecule has 204 valence electrons. The van der Waals surface area contributed by atoms with Crippen LogP contribution in [0.5, 0.6) is 0 Å². The predicted octanol–water partition coefficient (Wildman–Crippen LogP) is 9.77. The van der Waals surface area contributed by atoms with Crippen LogP contribution in [0.1, 0.15) is 162 Å². The van der Waals surface area contributed by atoms with Gasteiger partial charge in [-0.25, -0.2) is 4.79 Å². The fraction of sp³-hybridized carbons (Fsp3) is 0.968. The van der Waals surface area contributed by atoms with Gasteiger partial charge in [0.05, 0.1) is 21.1 Å². The Hall–Kier alpha value is -0.570. The van der Waals surface area contributed by atoms with E-state index >= 15 is 0 Å². The molecule has 0 aromatic rings. The number of unbranched alkanes of at least 4 members (excludes halogenated alkanes) is 19. The van der Waals surface area contributed by atoms with Crippen molar-refractivity contribution in [2.24, 2.45) is 5.92 Å². The predicted molar refractivity (Wildman–Crippen MR) is 150 cm³/mol. The Labute approximate surface area is 215 Å². The lowest BCUT2D eigenvalue weighted by Crippen LogP contribution is -2.53. The van der Waals surface area contributed by atoms with Crippen LogP contribution >= 0.6 is 0 Å². The molecule has 0 rings (SSSR count). The largest absolute Gasteiger partial charge is 0.477 e. The fourth-order valence-corrected chi connectivity index (χ4v) is 5.59. The zero-order valence-electron chi connectivity index (χ0n) is 24.2. The third-order valence-corrected chi connectivity index (χ3v) is 7.64. The van der Waals surface area contributed by atoms with Crippen molar-refractivity contribution in [1.29, 1.82) is 0 Å². The lowest BCUT2D eigenvalue weighted by Gasteiger charge is -2.36. The number of aliphatic carboxylic acids is 1. The van der Waals surface area contributed by atoms with Crippen LogP contribution in [-0.4, -0.2) is 42.7 Å². The summed E-state index contributed by atoms with van der Waals surface area (Å²) >= 11 is 0. The summed E-state index contributed by atoms with van der Waals surface area (Å²) in [5.74, 6) is -0.294. The molecular weight excluding hydrogens is 418 g/mol. The van der Waals surface area contributed by atoms with E-state index in [9.17, 15) is 9.90 Å². The number of hydrogen-bond donors (Lipinski definition) is 1. The van der Waals surface area contributed by atoms with Gasteiger partial charge in [0.15, 0.2) is 6.04 Å². The lowest BCUT2D eigenvalue weighted by atomic mass is 9.86. The second kappa shape index (κ2) is 22.9. The van der Waals surface area contributed by atoms with Crippen LogP contribution in [0.15, 0.2) is 0 Å². The van der Waals surface area contributed by atoms with Gasteiger partial charge in [0.1, 0.15) is 0 Å². The average Bonchev–Trinajstić information content (AvgIpc) is 2.77. The molecule has 0 bridgehead atoms. The van der Waals surface area contributed by atoms with Gasteiger partial charge in [-0.1, -0.05) is 149 Å². The van der Waals surface area contributed by atoms with Crippen molar-refractivity contribution in [2.75, 3.05) is 21.1 Å². The molecule has 0 saturated heterocycles. The first kappa shape index (κ1) is 33.4. The molecule has 0 aromatic heterocycles. The first-order valence-electron chi connectivity index (χ1n) is 15.4. The molecule has 0 heterocycles. The molecule has 0 fully saturated rings. The minimum Gasteiger partial charge on any atom is -0.477 e.